The molecule has 0 saturated carbocycles. The van der Waals surface area contributed by atoms with Gasteiger partial charge in [0.15, 0.2) is 0 Å². The van der Waals surface area contributed by atoms with E-state index >= 15 is 0 Å². The van der Waals surface area contributed by atoms with Gasteiger partial charge in [0.25, 0.3) is 0 Å². The van der Waals surface area contributed by atoms with Gasteiger partial charge in [-0.2, -0.15) is 0 Å². The maximum absolute atomic E-state index is 6.46. The van der Waals surface area contributed by atoms with Crippen molar-refractivity contribution in [2.75, 3.05) is 0 Å². The minimum absolute atomic E-state index is 0.277. The third-order valence-electron chi connectivity index (χ3n) is 5.29. The van der Waals surface area contributed by atoms with E-state index in [9.17, 15) is 0 Å². The quantitative estimate of drug-likeness (QED) is 0.580. The van der Waals surface area contributed by atoms with Crippen molar-refractivity contribution in [1.29, 1.82) is 0 Å². The van der Waals surface area contributed by atoms with Crippen LogP contribution in [0.2, 0.25) is 25.2 Å². The highest BCUT2D eigenvalue weighted by Gasteiger charge is 2.34. The zero-order chi connectivity index (χ0) is 19.3. The topological polar surface area (TPSA) is 9.23 Å². The molecule has 0 heterocycles. The molecule has 0 radical (unpaired) electrons. The summed E-state index contributed by atoms with van der Waals surface area (Å²) in [6, 6.07) is 20.2. The van der Waals surface area contributed by atoms with Gasteiger partial charge < -0.3 is 4.43 Å². The first-order valence-corrected chi connectivity index (χ1v) is 15.1. The van der Waals surface area contributed by atoms with Crippen LogP contribution in [0.5, 0.6) is 0 Å². The predicted octanol–water partition coefficient (Wildman–Crippen LogP) is 5.06. The lowest BCUT2D eigenvalue weighted by molar-refractivity contribution is 0.232. The van der Waals surface area contributed by atoms with E-state index in [-0.39, 0.29) is 6.10 Å². The normalized spacial score (nSPS) is 12.0. The summed E-state index contributed by atoms with van der Waals surface area (Å²) in [4.78, 5) is 0. The van der Waals surface area contributed by atoms with Gasteiger partial charge in [-0.05, 0) is 47.8 Å². The molecular weight excluding hydrogens is 348 g/mol. The molecule has 0 atom stereocenters. The zero-order valence-electron chi connectivity index (χ0n) is 17.3. The summed E-state index contributed by atoms with van der Waals surface area (Å²) in [6.45, 7) is 17.9. The predicted molar refractivity (Wildman–Crippen MR) is 122 cm³/mol. The molecule has 0 amide bonds. The van der Waals surface area contributed by atoms with Crippen molar-refractivity contribution in [2.24, 2.45) is 0 Å². The molecule has 1 nitrogen and oxygen atoms in total. The van der Waals surface area contributed by atoms with Crippen LogP contribution >= 0.6 is 0 Å². The fourth-order valence-electron chi connectivity index (χ4n) is 3.56. The molecule has 0 aliphatic rings. The minimum atomic E-state index is -1.86. The Kier molecular flexibility index (Phi) is 7.21. The van der Waals surface area contributed by atoms with Crippen molar-refractivity contribution in [1.82, 2.24) is 0 Å². The van der Waals surface area contributed by atoms with Crippen molar-refractivity contribution in [3.63, 3.8) is 0 Å². The van der Waals surface area contributed by atoms with Crippen molar-refractivity contribution in [3.05, 3.63) is 66.2 Å². The summed E-state index contributed by atoms with van der Waals surface area (Å²) in [5.74, 6) is 0. The number of benzene rings is 2. The summed E-state index contributed by atoms with van der Waals surface area (Å²) >= 11 is 0. The molecule has 0 aliphatic heterocycles. The Morgan fingerprint density at radius 2 is 1.38 bits per heavy atom. The molecule has 26 heavy (non-hydrogen) atoms. The molecule has 140 valence electrons. The van der Waals surface area contributed by atoms with Crippen molar-refractivity contribution in [2.45, 2.75) is 59.0 Å². The van der Waals surface area contributed by atoms with Crippen LogP contribution in [-0.4, -0.2) is 23.2 Å². The summed E-state index contributed by atoms with van der Waals surface area (Å²) in [7, 11) is -2.60. The van der Waals surface area contributed by atoms with Gasteiger partial charge >= 0.3 is 0 Å². The summed E-state index contributed by atoms with van der Waals surface area (Å²) < 4.78 is 6.46. The largest absolute Gasteiger partial charge is 0.410 e. The van der Waals surface area contributed by atoms with Crippen molar-refractivity contribution < 1.29 is 4.43 Å². The third-order valence-corrected chi connectivity index (χ3v) is 11.6. The van der Waals surface area contributed by atoms with Gasteiger partial charge in [0.2, 0.25) is 8.32 Å². The Hall–Kier alpha value is -1.43. The Morgan fingerprint density at radius 1 is 0.923 bits per heavy atom. The molecule has 0 bridgehead atoms. The van der Waals surface area contributed by atoms with Crippen LogP contribution < -0.4 is 10.4 Å². The van der Waals surface area contributed by atoms with E-state index in [4.69, 9.17) is 4.43 Å². The first-order chi connectivity index (χ1) is 12.3. The molecule has 0 aliphatic carbocycles. The highest BCUT2D eigenvalue weighted by molar-refractivity contribution is 6.86. The second-order valence-corrected chi connectivity index (χ2v) is 14.9. The van der Waals surface area contributed by atoms with Crippen LogP contribution in [0, 0.1) is 0 Å². The molecule has 0 spiro atoms. The van der Waals surface area contributed by atoms with Crippen molar-refractivity contribution in [3.8, 4) is 0 Å². The van der Waals surface area contributed by atoms with Gasteiger partial charge in [0.05, 0.1) is 8.80 Å². The van der Waals surface area contributed by atoms with Gasteiger partial charge in [0.1, 0.15) is 0 Å². The monoisotopic (exact) mass is 382 g/mol. The van der Waals surface area contributed by atoms with E-state index in [0.717, 1.165) is 17.7 Å². The highest BCUT2D eigenvalue weighted by atomic mass is 28.4. The molecule has 0 fully saturated rings. The molecule has 0 unspecified atom stereocenters. The Balaban J connectivity index is 2.26. The van der Waals surface area contributed by atoms with Crippen LogP contribution in [0.15, 0.2) is 55.1 Å². The van der Waals surface area contributed by atoms with E-state index in [1.165, 1.54) is 21.5 Å². The maximum Gasteiger partial charge on any atom is 0.224 e. The number of rotatable bonds is 8. The smallest absolute Gasteiger partial charge is 0.224 e. The van der Waals surface area contributed by atoms with Gasteiger partial charge in [-0.25, -0.2) is 0 Å². The molecule has 0 saturated heterocycles. The first kappa shape index (κ1) is 20.9. The van der Waals surface area contributed by atoms with Gasteiger partial charge in [0, 0.05) is 6.10 Å². The maximum atomic E-state index is 6.46. The van der Waals surface area contributed by atoms with Gasteiger partial charge in [-0.1, -0.05) is 87.2 Å². The molecule has 2 aromatic carbocycles. The van der Waals surface area contributed by atoms with Crippen LogP contribution in [0.25, 0.3) is 5.57 Å². The Bertz CT molecular complexity index is 711. The summed E-state index contributed by atoms with van der Waals surface area (Å²) in [5, 5.41) is 2.90. The van der Waals surface area contributed by atoms with Gasteiger partial charge in [-0.3, -0.25) is 0 Å². The molecule has 0 aromatic heterocycles. The van der Waals surface area contributed by atoms with Crippen LogP contribution in [0.3, 0.4) is 0 Å². The molecule has 0 N–H and O–H groups in total. The molecular formula is C23H34OSi2. The van der Waals surface area contributed by atoms with Crippen LogP contribution in [0.1, 0.15) is 38.8 Å². The first-order valence-electron chi connectivity index (χ1n) is 9.91. The minimum Gasteiger partial charge on any atom is -0.410 e. The van der Waals surface area contributed by atoms with E-state index in [1.807, 2.05) is 0 Å². The highest BCUT2D eigenvalue weighted by Crippen LogP contribution is 2.23. The second kappa shape index (κ2) is 8.98. The lowest BCUT2D eigenvalue weighted by Crippen LogP contribution is -2.51. The van der Waals surface area contributed by atoms with Crippen LogP contribution in [0.4, 0.5) is 0 Å². The van der Waals surface area contributed by atoms with Crippen LogP contribution in [-0.2, 0) is 4.43 Å². The zero-order valence-corrected chi connectivity index (χ0v) is 19.5. The fraction of sp³-hybridized carbons (Fsp3) is 0.391. The summed E-state index contributed by atoms with van der Waals surface area (Å²) in [6.07, 6.45) is 0.277. The Morgan fingerprint density at radius 3 is 1.77 bits per heavy atom. The number of hydrogen-bond acceptors (Lipinski definition) is 1. The van der Waals surface area contributed by atoms with E-state index in [1.54, 1.807) is 0 Å². The van der Waals surface area contributed by atoms with E-state index < -0.39 is 17.1 Å². The molecule has 2 aromatic rings. The fourth-order valence-corrected chi connectivity index (χ4v) is 7.98. The lowest BCUT2D eigenvalue weighted by atomic mass is 10.00. The Labute approximate surface area is 162 Å². The van der Waals surface area contributed by atoms with Crippen molar-refractivity contribution >= 4 is 33.1 Å². The average molecular weight is 383 g/mol. The standard InChI is InChI=1S/C23H34OSi2/c1-8-26(9-2,24-18(3)4)23-16-12-21(13-17-23)19(5)20-10-14-22(15-11-20)25(6)7/h10-18,25H,5,8-9H2,1-4,6-7H3. The van der Waals surface area contributed by atoms with Gasteiger partial charge in [-0.15, -0.1) is 0 Å². The molecule has 2 rings (SSSR count). The lowest BCUT2D eigenvalue weighted by Gasteiger charge is -2.32. The second-order valence-electron chi connectivity index (χ2n) is 7.70. The SMILES string of the molecule is C=C(c1ccc([SiH](C)C)cc1)c1ccc([Si](CC)(CC)OC(C)C)cc1. The third kappa shape index (κ3) is 4.64. The molecule has 3 heteroatoms. The summed E-state index contributed by atoms with van der Waals surface area (Å²) in [5.41, 5.74) is 3.51. The number of hydrogen-bond donors (Lipinski definition) is 0. The van der Waals surface area contributed by atoms with E-state index in [0.29, 0.717) is 0 Å². The average Bonchev–Trinajstić information content (AvgIpc) is 2.65. The van der Waals surface area contributed by atoms with E-state index in [2.05, 4.69) is 95.9 Å².